The predicted octanol–water partition coefficient (Wildman–Crippen LogP) is 2.07. The second kappa shape index (κ2) is 6.39. The van der Waals surface area contributed by atoms with Crippen molar-refractivity contribution in [1.29, 1.82) is 0 Å². The Labute approximate surface area is 81.7 Å². The summed E-state index contributed by atoms with van der Waals surface area (Å²) in [7, 11) is 0. The molecule has 0 aromatic rings. The second-order valence-corrected chi connectivity index (χ2v) is 4.17. The first-order chi connectivity index (χ1) is 6.33. The van der Waals surface area contributed by atoms with Crippen molar-refractivity contribution in [2.24, 2.45) is 0 Å². The highest BCUT2D eigenvalue weighted by molar-refractivity contribution is 4.76. The minimum absolute atomic E-state index is 0.0197. The summed E-state index contributed by atoms with van der Waals surface area (Å²) < 4.78 is 0. The fourth-order valence-corrected chi connectivity index (χ4v) is 1.96. The van der Waals surface area contributed by atoms with Gasteiger partial charge in [-0.2, -0.15) is 0 Å². The summed E-state index contributed by atoms with van der Waals surface area (Å²) in [6.07, 6.45) is 8.22. The highest BCUT2D eigenvalue weighted by atomic mass is 16.3. The SMILES string of the molecule is CCCCCN[C@H]1CC[C@H](O)CC1. The molecule has 1 rings (SSSR count). The van der Waals surface area contributed by atoms with Gasteiger partial charge in [-0.3, -0.25) is 0 Å². The van der Waals surface area contributed by atoms with Gasteiger partial charge >= 0.3 is 0 Å². The molecule has 2 heteroatoms. The Bertz CT molecular complexity index is 119. The molecule has 13 heavy (non-hydrogen) atoms. The summed E-state index contributed by atoms with van der Waals surface area (Å²) >= 11 is 0. The molecule has 0 heterocycles. The lowest BCUT2D eigenvalue weighted by atomic mass is 9.93. The minimum atomic E-state index is -0.0197. The van der Waals surface area contributed by atoms with Gasteiger partial charge in [0.05, 0.1) is 6.10 Å². The standard InChI is InChI=1S/C11H23NO/c1-2-3-4-9-12-10-5-7-11(13)8-6-10/h10-13H,2-9H2,1H3/t10-,11-. The lowest BCUT2D eigenvalue weighted by molar-refractivity contribution is 0.117. The molecule has 1 saturated carbocycles. The number of aliphatic hydroxyl groups is 1. The predicted molar refractivity (Wildman–Crippen MR) is 55.8 cm³/mol. The van der Waals surface area contributed by atoms with E-state index in [9.17, 15) is 5.11 Å². The van der Waals surface area contributed by atoms with E-state index in [1.807, 2.05) is 0 Å². The largest absolute Gasteiger partial charge is 0.393 e. The Hall–Kier alpha value is -0.0800. The maximum atomic E-state index is 9.31. The van der Waals surface area contributed by atoms with Crippen LogP contribution in [0.4, 0.5) is 0 Å². The van der Waals surface area contributed by atoms with Gasteiger partial charge in [0.25, 0.3) is 0 Å². The van der Waals surface area contributed by atoms with Crippen LogP contribution < -0.4 is 5.32 Å². The number of nitrogens with one attached hydrogen (secondary N) is 1. The van der Waals surface area contributed by atoms with Gasteiger partial charge in [-0.1, -0.05) is 19.8 Å². The summed E-state index contributed by atoms with van der Waals surface area (Å²) in [6, 6.07) is 0.681. The van der Waals surface area contributed by atoms with Crippen LogP contribution in [0.5, 0.6) is 0 Å². The van der Waals surface area contributed by atoms with Crippen molar-refractivity contribution < 1.29 is 5.11 Å². The number of aliphatic hydroxyl groups excluding tert-OH is 1. The van der Waals surface area contributed by atoms with Crippen molar-refractivity contribution in [2.45, 2.75) is 64.0 Å². The highest BCUT2D eigenvalue weighted by Crippen LogP contribution is 2.18. The van der Waals surface area contributed by atoms with E-state index in [0.29, 0.717) is 6.04 Å². The van der Waals surface area contributed by atoms with E-state index < -0.39 is 0 Å². The van der Waals surface area contributed by atoms with Gasteiger partial charge in [0, 0.05) is 6.04 Å². The Morgan fingerprint density at radius 3 is 2.46 bits per heavy atom. The molecule has 0 atom stereocenters. The van der Waals surface area contributed by atoms with E-state index in [2.05, 4.69) is 12.2 Å². The number of unbranched alkanes of at least 4 members (excludes halogenated alkanes) is 2. The third-order valence-corrected chi connectivity index (χ3v) is 2.91. The van der Waals surface area contributed by atoms with Crippen LogP contribution in [0.1, 0.15) is 51.9 Å². The van der Waals surface area contributed by atoms with Gasteiger partial charge in [-0.15, -0.1) is 0 Å². The molecule has 0 aliphatic heterocycles. The van der Waals surface area contributed by atoms with Gasteiger partial charge in [0.2, 0.25) is 0 Å². The summed E-state index contributed by atoms with van der Waals surface area (Å²) in [6.45, 7) is 3.39. The topological polar surface area (TPSA) is 32.3 Å². The molecule has 2 N–H and O–H groups in total. The first-order valence-electron chi connectivity index (χ1n) is 5.74. The van der Waals surface area contributed by atoms with E-state index in [1.54, 1.807) is 0 Å². The summed E-state index contributed by atoms with van der Waals surface area (Å²) in [5, 5.41) is 12.9. The Morgan fingerprint density at radius 2 is 1.85 bits per heavy atom. The van der Waals surface area contributed by atoms with Crippen LogP contribution in [0, 0.1) is 0 Å². The quantitative estimate of drug-likeness (QED) is 0.643. The van der Waals surface area contributed by atoms with Crippen LogP contribution >= 0.6 is 0 Å². The molecule has 1 aliphatic rings. The van der Waals surface area contributed by atoms with Crippen LogP contribution in [0.25, 0.3) is 0 Å². The van der Waals surface area contributed by atoms with Crippen LogP contribution in [0.15, 0.2) is 0 Å². The minimum Gasteiger partial charge on any atom is -0.393 e. The fraction of sp³-hybridized carbons (Fsp3) is 1.00. The smallest absolute Gasteiger partial charge is 0.0541 e. The molecule has 0 aromatic heterocycles. The molecule has 0 saturated heterocycles. The Kier molecular flexibility index (Phi) is 5.40. The lowest BCUT2D eigenvalue weighted by Gasteiger charge is -2.26. The molecule has 0 spiro atoms. The maximum Gasteiger partial charge on any atom is 0.0541 e. The van der Waals surface area contributed by atoms with Gasteiger partial charge in [0.15, 0.2) is 0 Å². The van der Waals surface area contributed by atoms with E-state index in [0.717, 1.165) is 32.2 Å². The molecule has 0 aromatic carbocycles. The number of rotatable bonds is 5. The van der Waals surface area contributed by atoms with E-state index in [1.165, 1.54) is 19.3 Å². The van der Waals surface area contributed by atoms with Crippen LogP contribution in [-0.4, -0.2) is 23.8 Å². The van der Waals surface area contributed by atoms with E-state index >= 15 is 0 Å². The normalized spacial score (nSPS) is 29.1. The molecule has 0 unspecified atom stereocenters. The monoisotopic (exact) mass is 185 g/mol. The van der Waals surface area contributed by atoms with Gasteiger partial charge < -0.3 is 10.4 Å². The van der Waals surface area contributed by atoms with E-state index in [4.69, 9.17) is 0 Å². The zero-order chi connectivity index (χ0) is 9.52. The first kappa shape index (κ1) is 11.0. The van der Waals surface area contributed by atoms with Crippen molar-refractivity contribution in [3.05, 3.63) is 0 Å². The van der Waals surface area contributed by atoms with Gasteiger partial charge in [-0.05, 0) is 38.6 Å². The molecule has 0 radical (unpaired) electrons. The molecule has 2 nitrogen and oxygen atoms in total. The first-order valence-corrected chi connectivity index (χ1v) is 5.74. The maximum absolute atomic E-state index is 9.31. The third-order valence-electron chi connectivity index (χ3n) is 2.91. The number of hydrogen-bond donors (Lipinski definition) is 2. The van der Waals surface area contributed by atoms with Crippen molar-refractivity contribution >= 4 is 0 Å². The van der Waals surface area contributed by atoms with Crippen LogP contribution in [0.2, 0.25) is 0 Å². The molecule has 0 amide bonds. The summed E-state index contributed by atoms with van der Waals surface area (Å²) in [5.41, 5.74) is 0. The molecule has 0 bridgehead atoms. The zero-order valence-corrected chi connectivity index (χ0v) is 8.76. The summed E-state index contributed by atoms with van der Waals surface area (Å²) in [5.74, 6) is 0. The van der Waals surface area contributed by atoms with Crippen molar-refractivity contribution in [3.8, 4) is 0 Å². The third kappa shape index (κ3) is 4.63. The van der Waals surface area contributed by atoms with Gasteiger partial charge in [-0.25, -0.2) is 0 Å². The van der Waals surface area contributed by atoms with E-state index in [-0.39, 0.29) is 6.10 Å². The lowest BCUT2D eigenvalue weighted by Crippen LogP contribution is -2.35. The summed E-state index contributed by atoms with van der Waals surface area (Å²) in [4.78, 5) is 0. The molecule has 1 aliphatic carbocycles. The Morgan fingerprint density at radius 1 is 1.15 bits per heavy atom. The molecular formula is C11H23NO. The fourth-order valence-electron chi connectivity index (χ4n) is 1.96. The average molecular weight is 185 g/mol. The van der Waals surface area contributed by atoms with Crippen molar-refractivity contribution in [1.82, 2.24) is 5.32 Å². The average Bonchev–Trinajstić information content (AvgIpc) is 2.15. The highest BCUT2D eigenvalue weighted by Gasteiger charge is 2.17. The van der Waals surface area contributed by atoms with Crippen molar-refractivity contribution in [3.63, 3.8) is 0 Å². The molecule has 1 fully saturated rings. The number of hydrogen-bond acceptors (Lipinski definition) is 2. The van der Waals surface area contributed by atoms with Gasteiger partial charge in [0.1, 0.15) is 0 Å². The second-order valence-electron chi connectivity index (χ2n) is 4.17. The zero-order valence-electron chi connectivity index (χ0n) is 8.76. The Balaban J connectivity index is 1.96. The van der Waals surface area contributed by atoms with Crippen molar-refractivity contribution in [2.75, 3.05) is 6.54 Å². The molecule has 78 valence electrons. The van der Waals surface area contributed by atoms with Crippen LogP contribution in [-0.2, 0) is 0 Å². The molecular weight excluding hydrogens is 162 g/mol. The van der Waals surface area contributed by atoms with Crippen LogP contribution in [0.3, 0.4) is 0 Å².